The summed E-state index contributed by atoms with van der Waals surface area (Å²) in [6.45, 7) is 6.03. The van der Waals surface area contributed by atoms with Crippen LogP contribution in [0.1, 0.15) is 43.6 Å². The van der Waals surface area contributed by atoms with Gasteiger partial charge in [-0.3, -0.25) is 10.2 Å². The van der Waals surface area contributed by atoms with Gasteiger partial charge in [0.15, 0.2) is 0 Å². The van der Waals surface area contributed by atoms with E-state index in [0.717, 1.165) is 82.9 Å². The van der Waals surface area contributed by atoms with E-state index in [2.05, 4.69) is 10.2 Å². The molecule has 0 saturated carbocycles. The zero-order valence-corrected chi connectivity index (χ0v) is 16.0. The molecule has 0 aliphatic carbocycles. The molecule has 3 saturated heterocycles. The lowest BCUT2D eigenvalue weighted by atomic mass is 9.88. The predicted molar refractivity (Wildman–Crippen MR) is 102 cm³/mol. The summed E-state index contributed by atoms with van der Waals surface area (Å²) in [7, 11) is 0. The summed E-state index contributed by atoms with van der Waals surface area (Å²) in [5.74, 6) is 1.05. The van der Waals surface area contributed by atoms with Crippen LogP contribution in [-0.2, 0) is 9.47 Å². The van der Waals surface area contributed by atoms with Crippen LogP contribution >= 0.6 is 0 Å². The lowest BCUT2D eigenvalue weighted by Crippen LogP contribution is -2.43. The summed E-state index contributed by atoms with van der Waals surface area (Å²) >= 11 is 0. The number of benzene rings is 1. The SMILES string of the molecule is Fc1ccc(OC2CCOCC2)c(C2CCN([C@H]3CCNCOC3)CC2)c1. The zero-order chi connectivity index (χ0) is 18.5. The molecular weight excluding hydrogens is 347 g/mol. The highest BCUT2D eigenvalue weighted by atomic mass is 19.1. The first-order valence-corrected chi connectivity index (χ1v) is 10.4. The number of piperidine rings is 1. The van der Waals surface area contributed by atoms with Crippen molar-refractivity contribution >= 4 is 0 Å². The van der Waals surface area contributed by atoms with Gasteiger partial charge in [-0.05, 0) is 63.0 Å². The first-order chi connectivity index (χ1) is 13.3. The van der Waals surface area contributed by atoms with Crippen LogP contribution in [-0.4, -0.2) is 63.2 Å². The van der Waals surface area contributed by atoms with Crippen molar-refractivity contribution in [2.75, 3.05) is 46.2 Å². The highest BCUT2D eigenvalue weighted by Gasteiger charge is 2.29. The van der Waals surface area contributed by atoms with Gasteiger partial charge in [0.25, 0.3) is 0 Å². The Balaban J connectivity index is 1.40. The first kappa shape index (κ1) is 19.1. The first-order valence-electron chi connectivity index (χ1n) is 10.4. The van der Waals surface area contributed by atoms with Crippen LogP contribution in [0.3, 0.4) is 0 Å². The summed E-state index contributed by atoms with van der Waals surface area (Å²) in [4.78, 5) is 2.54. The van der Waals surface area contributed by atoms with Crippen molar-refractivity contribution in [3.8, 4) is 5.75 Å². The molecule has 27 heavy (non-hydrogen) atoms. The van der Waals surface area contributed by atoms with E-state index in [4.69, 9.17) is 14.2 Å². The van der Waals surface area contributed by atoms with Crippen LogP contribution in [0.2, 0.25) is 0 Å². The van der Waals surface area contributed by atoms with Crippen molar-refractivity contribution in [2.24, 2.45) is 0 Å². The second-order valence-corrected chi connectivity index (χ2v) is 7.88. The van der Waals surface area contributed by atoms with E-state index in [1.54, 1.807) is 6.07 Å². The van der Waals surface area contributed by atoms with Crippen LogP contribution in [0, 0.1) is 5.82 Å². The third-order valence-corrected chi connectivity index (χ3v) is 6.09. The minimum Gasteiger partial charge on any atom is -0.490 e. The number of ether oxygens (including phenoxy) is 3. The maximum absolute atomic E-state index is 14.0. The van der Waals surface area contributed by atoms with Crippen molar-refractivity contribution in [3.05, 3.63) is 29.6 Å². The van der Waals surface area contributed by atoms with Gasteiger partial charge in [-0.2, -0.15) is 0 Å². The number of likely N-dealkylation sites (tertiary alicyclic amines) is 1. The molecular formula is C21H31FN2O3. The van der Waals surface area contributed by atoms with Crippen LogP contribution in [0.15, 0.2) is 18.2 Å². The maximum Gasteiger partial charge on any atom is 0.123 e. The molecule has 0 amide bonds. The molecule has 0 bridgehead atoms. The smallest absolute Gasteiger partial charge is 0.123 e. The van der Waals surface area contributed by atoms with Gasteiger partial charge >= 0.3 is 0 Å². The molecule has 3 aliphatic rings. The van der Waals surface area contributed by atoms with Crippen molar-refractivity contribution in [3.63, 3.8) is 0 Å². The Morgan fingerprint density at radius 2 is 1.85 bits per heavy atom. The molecule has 1 aromatic carbocycles. The fraction of sp³-hybridized carbons (Fsp3) is 0.714. The van der Waals surface area contributed by atoms with Crippen molar-refractivity contribution in [1.29, 1.82) is 0 Å². The molecule has 1 N–H and O–H groups in total. The largest absolute Gasteiger partial charge is 0.490 e. The van der Waals surface area contributed by atoms with E-state index in [1.165, 1.54) is 6.07 Å². The van der Waals surface area contributed by atoms with Gasteiger partial charge in [0.2, 0.25) is 0 Å². The van der Waals surface area contributed by atoms with E-state index in [-0.39, 0.29) is 11.9 Å². The van der Waals surface area contributed by atoms with Crippen molar-refractivity contribution in [1.82, 2.24) is 10.2 Å². The van der Waals surface area contributed by atoms with Crippen LogP contribution in [0.5, 0.6) is 5.75 Å². The predicted octanol–water partition coefficient (Wildman–Crippen LogP) is 2.90. The average Bonchev–Trinajstić information content (AvgIpc) is 3.00. The summed E-state index contributed by atoms with van der Waals surface area (Å²) < 4.78 is 31.3. The Bertz CT molecular complexity index is 593. The minimum atomic E-state index is -0.171. The number of hydrogen-bond donors (Lipinski definition) is 1. The lowest BCUT2D eigenvalue weighted by Gasteiger charge is -2.37. The molecule has 3 fully saturated rings. The summed E-state index contributed by atoms with van der Waals surface area (Å²) in [5.41, 5.74) is 1.04. The van der Waals surface area contributed by atoms with Gasteiger partial charge in [0.05, 0.1) is 26.6 Å². The van der Waals surface area contributed by atoms with E-state index >= 15 is 0 Å². The summed E-state index contributed by atoms with van der Waals surface area (Å²) in [6, 6.07) is 5.51. The number of hydrogen-bond acceptors (Lipinski definition) is 5. The van der Waals surface area contributed by atoms with Crippen LogP contribution in [0.25, 0.3) is 0 Å². The fourth-order valence-corrected chi connectivity index (χ4v) is 4.47. The topological polar surface area (TPSA) is 43.0 Å². The Labute approximate surface area is 161 Å². The van der Waals surface area contributed by atoms with Crippen LogP contribution in [0.4, 0.5) is 4.39 Å². The zero-order valence-electron chi connectivity index (χ0n) is 16.0. The minimum absolute atomic E-state index is 0.171. The second kappa shape index (κ2) is 9.32. The molecule has 5 nitrogen and oxygen atoms in total. The van der Waals surface area contributed by atoms with Gasteiger partial charge in [0.1, 0.15) is 17.7 Å². The van der Waals surface area contributed by atoms with Crippen molar-refractivity contribution in [2.45, 2.75) is 50.2 Å². The highest BCUT2D eigenvalue weighted by Crippen LogP contribution is 2.36. The van der Waals surface area contributed by atoms with E-state index < -0.39 is 0 Å². The molecule has 1 aromatic rings. The standard InChI is InChI=1S/C21H31FN2O3/c22-17-1-2-21(27-19-6-11-25-12-7-19)20(13-17)16-4-9-24(10-5-16)18-3-8-23-15-26-14-18/h1-2,13,16,18-19,23H,3-12,14-15H2/t18-/m0/s1. The molecule has 3 heterocycles. The van der Waals surface area contributed by atoms with Gasteiger partial charge in [0, 0.05) is 24.4 Å². The molecule has 4 rings (SSSR count). The summed E-state index contributed by atoms with van der Waals surface area (Å²) in [6.07, 6.45) is 5.20. The third-order valence-electron chi connectivity index (χ3n) is 6.09. The van der Waals surface area contributed by atoms with E-state index in [9.17, 15) is 4.39 Å². The quantitative estimate of drug-likeness (QED) is 0.873. The molecule has 3 aliphatic heterocycles. The van der Waals surface area contributed by atoms with Gasteiger partial charge in [-0.15, -0.1) is 0 Å². The molecule has 150 valence electrons. The third kappa shape index (κ3) is 4.99. The Morgan fingerprint density at radius 1 is 1.04 bits per heavy atom. The number of rotatable bonds is 4. The molecule has 0 aromatic heterocycles. The number of halogens is 1. The molecule has 1 atom stereocenters. The monoisotopic (exact) mass is 378 g/mol. The van der Waals surface area contributed by atoms with Gasteiger partial charge in [-0.25, -0.2) is 4.39 Å². The molecule has 0 spiro atoms. The molecule has 6 heteroatoms. The van der Waals surface area contributed by atoms with E-state index in [0.29, 0.717) is 18.7 Å². The summed E-state index contributed by atoms with van der Waals surface area (Å²) in [5, 5.41) is 3.29. The second-order valence-electron chi connectivity index (χ2n) is 7.88. The normalized spacial score (nSPS) is 26.6. The van der Waals surface area contributed by atoms with Gasteiger partial charge in [-0.1, -0.05) is 0 Å². The van der Waals surface area contributed by atoms with Crippen molar-refractivity contribution < 1.29 is 18.6 Å². The lowest BCUT2D eigenvalue weighted by molar-refractivity contribution is 0.0245. The average molecular weight is 378 g/mol. The van der Waals surface area contributed by atoms with Gasteiger partial charge < -0.3 is 14.2 Å². The Morgan fingerprint density at radius 3 is 2.67 bits per heavy atom. The molecule has 0 radical (unpaired) electrons. The number of nitrogens with one attached hydrogen (secondary N) is 1. The fourth-order valence-electron chi connectivity index (χ4n) is 4.47. The molecule has 0 unspecified atom stereocenters. The Kier molecular flexibility index (Phi) is 6.60. The maximum atomic E-state index is 14.0. The van der Waals surface area contributed by atoms with Crippen LogP contribution < -0.4 is 10.1 Å². The number of nitrogens with zero attached hydrogens (tertiary/aromatic N) is 1. The van der Waals surface area contributed by atoms with E-state index in [1.807, 2.05) is 6.07 Å². The Hall–Kier alpha value is -1.21. The highest BCUT2D eigenvalue weighted by molar-refractivity contribution is 5.37.